The van der Waals surface area contributed by atoms with Gasteiger partial charge in [0.25, 0.3) is 0 Å². The quantitative estimate of drug-likeness (QED) is 0.0268. The van der Waals surface area contributed by atoms with Gasteiger partial charge in [-0.05, 0) is 103 Å². The first-order valence-corrected chi connectivity index (χ1v) is 29.5. The summed E-state index contributed by atoms with van der Waals surface area (Å²) in [5.41, 5.74) is 5.40. The molecule has 0 aliphatic carbocycles. The standard InChI is InChI=1S/C61H104NO7P/c1-3-5-7-9-11-13-15-17-19-21-23-25-27-29-31-33-35-37-39-41-43-45-47-49-51-53-56-66-58-60(59-68-70(64,65)67-57-55-62)69-61(63)54-52-50-48-46-44-42-40-38-36-34-32-30-28-26-24-22-20-18-16-14-12-10-8-6-4-2/h5-8,11-14,17-20,23-26,29-32,60H,3-4,9-10,15-16,21-22,27-28,33-59,62H2,1-2H3,(H,64,65)/b7-5-,8-6-,13-11-,14-12-,19-17-,20-18-,25-23-,26-24-,31-29-,32-30-. The number of hydrogen-bond acceptors (Lipinski definition) is 7. The summed E-state index contributed by atoms with van der Waals surface area (Å²) >= 11 is 0. The molecule has 0 spiro atoms. The number of unbranched alkanes of at least 4 members (excludes halogenated alkanes) is 19. The Labute approximate surface area is 430 Å². The van der Waals surface area contributed by atoms with Crippen molar-refractivity contribution in [2.45, 2.75) is 225 Å². The zero-order chi connectivity index (χ0) is 50.8. The normalized spacial score (nSPS) is 14.2. The number of carbonyl (C=O) groups is 1. The van der Waals surface area contributed by atoms with E-state index in [1.165, 1.54) is 96.3 Å². The van der Waals surface area contributed by atoms with E-state index in [0.29, 0.717) is 13.0 Å². The predicted molar refractivity (Wildman–Crippen MR) is 302 cm³/mol. The molecule has 0 amide bonds. The van der Waals surface area contributed by atoms with Crippen molar-refractivity contribution in [3.05, 3.63) is 122 Å². The number of allylic oxidation sites excluding steroid dienone is 20. The van der Waals surface area contributed by atoms with E-state index in [1.54, 1.807) is 0 Å². The number of carbonyl (C=O) groups excluding carboxylic acids is 1. The van der Waals surface area contributed by atoms with Gasteiger partial charge in [0.05, 0.1) is 19.8 Å². The molecule has 400 valence electrons. The summed E-state index contributed by atoms with van der Waals surface area (Å²) in [6, 6.07) is 0. The van der Waals surface area contributed by atoms with Crippen molar-refractivity contribution in [3.63, 3.8) is 0 Å². The second kappa shape index (κ2) is 56.8. The van der Waals surface area contributed by atoms with Crippen LogP contribution in [-0.4, -0.2) is 49.9 Å². The van der Waals surface area contributed by atoms with Crippen LogP contribution in [-0.2, 0) is 27.9 Å². The molecule has 0 rings (SSSR count). The molecule has 8 nitrogen and oxygen atoms in total. The number of phosphoric acid groups is 1. The Morgan fingerprint density at radius 3 is 1.13 bits per heavy atom. The van der Waals surface area contributed by atoms with Crippen molar-refractivity contribution < 1.29 is 32.8 Å². The summed E-state index contributed by atoms with van der Waals surface area (Å²) in [5.74, 6) is -0.342. The van der Waals surface area contributed by atoms with E-state index in [2.05, 4.69) is 135 Å². The molecule has 3 N–H and O–H groups in total. The van der Waals surface area contributed by atoms with Crippen molar-refractivity contribution in [2.24, 2.45) is 5.73 Å². The highest BCUT2D eigenvalue weighted by Crippen LogP contribution is 2.43. The lowest BCUT2D eigenvalue weighted by molar-refractivity contribution is -0.154. The molecule has 0 saturated heterocycles. The number of rotatable bonds is 52. The van der Waals surface area contributed by atoms with Crippen molar-refractivity contribution in [3.8, 4) is 0 Å². The molecule has 0 aromatic carbocycles. The SMILES string of the molecule is CC/C=C\C/C=C\C/C=C\C/C=C\C/C=C\CCCCCCCCCCCCOCC(COP(=O)(O)OCCN)OC(=O)CCCCCCCCCCC/C=C\C/C=C\C/C=C\C/C=C\C/C=C\CC. The molecule has 0 heterocycles. The van der Waals surface area contributed by atoms with Crippen molar-refractivity contribution in [1.82, 2.24) is 0 Å². The Morgan fingerprint density at radius 1 is 0.429 bits per heavy atom. The highest BCUT2D eigenvalue weighted by atomic mass is 31.2. The molecule has 0 radical (unpaired) electrons. The molecule has 70 heavy (non-hydrogen) atoms. The summed E-state index contributed by atoms with van der Waals surface area (Å²) in [5, 5.41) is 0. The van der Waals surface area contributed by atoms with Gasteiger partial charge in [-0.15, -0.1) is 0 Å². The molecule has 2 atom stereocenters. The Morgan fingerprint density at radius 2 is 0.757 bits per heavy atom. The molecule has 0 aliphatic heterocycles. The lowest BCUT2D eigenvalue weighted by Crippen LogP contribution is -2.28. The number of hydrogen-bond donors (Lipinski definition) is 2. The average Bonchev–Trinajstić information content (AvgIpc) is 3.35. The van der Waals surface area contributed by atoms with E-state index >= 15 is 0 Å². The van der Waals surface area contributed by atoms with Gasteiger partial charge >= 0.3 is 13.8 Å². The fourth-order valence-electron chi connectivity index (χ4n) is 7.35. The summed E-state index contributed by atoms with van der Waals surface area (Å²) in [6.07, 6.45) is 79.5. The maximum atomic E-state index is 12.7. The fourth-order valence-corrected chi connectivity index (χ4v) is 8.11. The smallest absolute Gasteiger partial charge is 0.457 e. The third kappa shape index (κ3) is 55.8. The lowest BCUT2D eigenvalue weighted by Gasteiger charge is -2.20. The fraction of sp³-hybridized carbons (Fsp3) is 0.656. The van der Waals surface area contributed by atoms with Crippen molar-refractivity contribution in [2.75, 3.05) is 33.0 Å². The van der Waals surface area contributed by atoms with Gasteiger partial charge in [-0.1, -0.05) is 232 Å². The molecule has 0 aromatic rings. The van der Waals surface area contributed by atoms with E-state index in [0.717, 1.165) is 103 Å². The van der Waals surface area contributed by atoms with Gasteiger partial charge in [0.2, 0.25) is 0 Å². The van der Waals surface area contributed by atoms with Gasteiger partial charge in [-0.3, -0.25) is 13.8 Å². The number of phosphoric ester groups is 1. The second-order valence-electron chi connectivity index (χ2n) is 18.0. The van der Waals surface area contributed by atoms with E-state index in [1.807, 2.05) is 0 Å². The van der Waals surface area contributed by atoms with Crippen LogP contribution in [0.15, 0.2) is 122 Å². The predicted octanol–water partition coefficient (Wildman–Crippen LogP) is 18.1. The van der Waals surface area contributed by atoms with Crippen LogP contribution < -0.4 is 5.73 Å². The lowest BCUT2D eigenvalue weighted by atomic mass is 10.1. The highest BCUT2D eigenvalue weighted by molar-refractivity contribution is 7.47. The Balaban J connectivity index is 3.96. The zero-order valence-electron chi connectivity index (χ0n) is 44.7. The van der Waals surface area contributed by atoms with Crippen LogP contribution in [0.5, 0.6) is 0 Å². The first-order valence-electron chi connectivity index (χ1n) is 28.0. The van der Waals surface area contributed by atoms with Crippen LogP contribution >= 0.6 is 7.82 Å². The minimum atomic E-state index is -4.30. The highest BCUT2D eigenvalue weighted by Gasteiger charge is 2.25. The third-order valence-corrected chi connectivity index (χ3v) is 12.4. The van der Waals surface area contributed by atoms with Crippen LogP contribution in [0.4, 0.5) is 0 Å². The Bertz CT molecular complexity index is 1490. The van der Waals surface area contributed by atoms with Crippen LogP contribution in [0, 0.1) is 0 Å². The summed E-state index contributed by atoms with van der Waals surface area (Å²) in [6.45, 7) is 4.67. The Hall–Kier alpha value is -3.10. The molecule has 0 saturated carbocycles. The average molecular weight is 994 g/mol. The van der Waals surface area contributed by atoms with Crippen LogP contribution in [0.2, 0.25) is 0 Å². The monoisotopic (exact) mass is 994 g/mol. The van der Waals surface area contributed by atoms with Gasteiger partial charge in [-0.2, -0.15) is 0 Å². The molecule has 9 heteroatoms. The van der Waals surface area contributed by atoms with Gasteiger partial charge in [0, 0.05) is 19.6 Å². The summed E-state index contributed by atoms with van der Waals surface area (Å²) in [4.78, 5) is 22.7. The number of ether oxygens (including phenoxy) is 2. The van der Waals surface area contributed by atoms with Crippen molar-refractivity contribution in [1.29, 1.82) is 0 Å². The van der Waals surface area contributed by atoms with E-state index in [9.17, 15) is 14.3 Å². The molecule has 2 unspecified atom stereocenters. The van der Waals surface area contributed by atoms with E-state index in [-0.39, 0.29) is 32.3 Å². The molecule has 0 aromatic heterocycles. The minimum Gasteiger partial charge on any atom is -0.457 e. The van der Waals surface area contributed by atoms with Gasteiger partial charge in [-0.25, -0.2) is 4.57 Å². The number of nitrogens with two attached hydrogens (primary N) is 1. The molecule has 0 aliphatic rings. The maximum Gasteiger partial charge on any atom is 0.472 e. The minimum absolute atomic E-state index is 0.0921. The largest absolute Gasteiger partial charge is 0.472 e. The topological polar surface area (TPSA) is 117 Å². The molecular formula is C61H104NO7P. The maximum absolute atomic E-state index is 12.7. The zero-order valence-corrected chi connectivity index (χ0v) is 45.6. The van der Waals surface area contributed by atoms with Gasteiger partial charge in [0.15, 0.2) is 0 Å². The summed E-state index contributed by atoms with van der Waals surface area (Å²) < 4.78 is 33.7. The second-order valence-corrected chi connectivity index (χ2v) is 19.5. The van der Waals surface area contributed by atoms with Gasteiger partial charge in [0.1, 0.15) is 6.10 Å². The van der Waals surface area contributed by atoms with Crippen molar-refractivity contribution >= 4 is 13.8 Å². The number of esters is 1. The first-order chi connectivity index (χ1) is 34.4. The third-order valence-electron chi connectivity index (χ3n) is 11.4. The molecular weight excluding hydrogens is 890 g/mol. The van der Waals surface area contributed by atoms with E-state index in [4.69, 9.17) is 24.3 Å². The molecule has 0 fully saturated rings. The first kappa shape index (κ1) is 66.9. The van der Waals surface area contributed by atoms with Crippen LogP contribution in [0.3, 0.4) is 0 Å². The Kier molecular flexibility index (Phi) is 54.3. The van der Waals surface area contributed by atoms with Crippen LogP contribution in [0.25, 0.3) is 0 Å². The summed E-state index contributed by atoms with van der Waals surface area (Å²) in [7, 11) is -4.30. The van der Waals surface area contributed by atoms with Crippen LogP contribution in [0.1, 0.15) is 219 Å². The van der Waals surface area contributed by atoms with Gasteiger partial charge < -0.3 is 20.1 Å². The van der Waals surface area contributed by atoms with E-state index < -0.39 is 13.9 Å². The molecule has 0 bridgehead atoms.